The summed E-state index contributed by atoms with van der Waals surface area (Å²) in [5, 5.41) is 5.18. The second-order valence-electron chi connectivity index (χ2n) is 15.0. The van der Waals surface area contributed by atoms with Crippen LogP contribution in [0.15, 0.2) is 54.6 Å². The van der Waals surface area contributed by atoms with Crippen molar-refractivity contribution in [2.24, 2.45) is 5.92 Å². The second kappa shape index (κ2) is 17.5. The van der Waals surface area contributed by atoms with Crippen molar-refractivity contribution in [3.8, 4) is 22.8 Å². The molecule has 14 nitrogen and oxygen atoms in total. The van der Waals surface area contributed by atoms with Crippen LogP contribution in [0.3, 0.4) is 0 Å². The maximum absolute atomic E-state index is 14.4. The number of fused-ring (bicyclic) bond motifs is 1. The van der Waals surface area contributed by atoms with Gasteiger partial charge in [0.2, 0.25) is 21.8 Å². The number of carbonyl (C=O) groups excluding carboxylic acids is 4. The van der Waals surface area contributed by atoms with E-state index in [-0.39, 0.29) is 19.4 Å². The van der Waals surface area contributed by atoms with E-state index in [0.717, 1.165) is 5.56 Å². The number of aromatic nitrogens is 1. The van der Waals surface area contributed by atoms with E-state index in [9.17, 15) is 27.6 Å². The average Bonchev–Trinajstić information content (AvgIpc) is 3.53. The molecule has 3 aromatic rings. The third-order valence-electron chi connectivity index (χ3n) is 8.87. The maximum atomic E-state index is 14.4. The van der Waals surface area contributed by atoms with Crippen molar-refractivity contribution in [1.82, 2.24) is 25.2 Å². The zero-order valence-electron chi connectivity index (χ0n) is 32.5. The molecular weight excluding hydrogens is 715 g/mol. The molecule has 0 saturated carbocycles. The summed E-state index contributed by atoms with van der Waals surface area (Å²) in [6.07, 6.45) is -0.871. The molecule has 1 aromatic heterocycles. The summed E-state index contributed by atoms with van der Waals surface area (Å²) in [6, 6.07) is 13.4. The number of carbonyl (C=O) groups is 4. The quantitative estimate of drug-likeness (QED) is 0.203. The van der Waals surface area contributed by atoms with Crippen molar-refractivity contribution >= 4 is 44.7 Å². The molecule has 0 spiro atoms. The molecule has 2 aromatic carbocycles. The molecular formula is C39H53N5O9S. The highest BCUT2D eigenvalue weighted by molar-refractivity contribution is 7.90. The summed E-state index contributed by atoms with van der Waals surface area (Å²) >= 11 is 0. The first-order valence-electron chi connectivity index (χ1n) is 18.2. The molecule has 4 rings (SSSR count). The summed E-state index contributed by atoms with van der Waals surface area (Å²) in [6.45, 7) is 13.3. The molecule has 0 aliphatic carbocycles. The first-order valence-corrected chi connectivity index (χ1v) is 19.7. The van der Waals surface area contributed by atoms with Crippen LogP contribution >= 0.6 is 0 Å². The van der Waals surface area contributed by atoms with Gasteiger partial charge >= 0.3 is 6.09 Å². The predicted octanol–water partition coefficient (Wildman–Crippen LogP) is 4.95. The number of likely N-dealkylation sites (tertiary alicyclic amines) is 1. The van der Waals surface area contributed by atoms with Gasteiger partial charge in [0.1, 0.15) is 41.3 Å². The molecule has 4 amide bonds. The van der Waals surface area contributed by atoms with Crippen molar-refractivity contribution in [2.45, 2.75) is 110 Å². The Morgan fingerprint density at radius 1 is 0.981 bits per heavy atom. The number of pyridine rings is 1. The van der Waals surface area contributed by atoms with E-state index in [0.29, 0.717) is 34.5 Å². The molecule has 1 aliphatic heterocycles. The first-order chi connectivity index (χ1) is 25.3. The monoisotopic (exact) mass is 767 g/mol. The van der Waals surface area contributed by atoms with Crippen LogP contribution in [0.25, 0.3) is 22.2 Å². The SMILES string of the molecule is CCC[C@H](NC(=O)C1CC(Oc2cc(-c3ccccc3)nc3cc(OC)ccc23)CN1C(=O)[C@@H](NC(=O)OC(C)(C)C)C(C)C)C(=O)NS(=O)(=O)C(C)C. The van der Waals surface area contributed by atoms with Crippen LogP contribution in [0.5, 0.6) is 11.5 Å². The van der Waals surface area contributed by atoms with E-state index >= 15 is 0 Å². The van der Waals surface area contributed by atoms with Crippen molar-refractivity contribution in [3.63, 3.8) is 0 Å². The second-order valence-corrected chi connectivity index (χ2v) is 17.3. The number of rotatable bonds is 14. The Kier molecular flexibility index (Phi) is 13.5. The number of methoxy groups -OCH3 is 1. The number of benzene rings is 2. The smallest absolute Gasteiger partial charge is 0.408 e. The Hall–Kier alpha value is -4.92. The largest absolute Gasteiger partial charge is 0.497 e. The van der Waals surface area contributed by atoms with E-state index in [2.05, 4.69) is 15.4 Å². The van der Waals surface area contributed by atoms with E-state index in [1.54, 1.807) is 60.8 Å². The zero-order chi connectivity index (χ0) is 40.0. The van der Waals surface area contributed by atoms with Crippen LogP contribution in [0.4, 0.5) is 4.79 Å². The van der Waals surface area contributed by atoms with E-state index < -0.39 is 74.8 Å². The van der Waals surface area contributed by atoms with Crippen molar-refractivity contribution in [3.05, 3.63) is 54.6 Å². The van der Waals surface area contributed by atoms with Gasteiger partial charge in [-0.1, -0.05) is 57.5 Å². The van der Waals surface area contributed by atoms with Gasteiger partial charge in [0.05, 0.1) is 30.1 Å². The van der Waals surface area contributed by atoms with E-state index in [1.807, 2.05) is 42.5 Å². The van der Waals surface area contributed by atoms with E-state index in [4.69, 9.17) is 19.2 Å². The molecule has 294 valence electrons. The summed E-state index contributed by atoms with van der Waals surface area (Å²) in [7, 11) is -2.41. The van der Waals surface area contributed by atoms with Gasteiger partial charge in [-0.25, -0.2) is 18.2 Å². The van der Waals surface area contributed by atoms with Crippen LogP contribution in [-0.2, 0) is 29.1 Å². The fourth-order valence-electron chi connectivity index (χ4n) is 5.99. The molecule has 3 N–H and O–H groups in total. The number of nitrogens with zero attached hydrogens (tertiary/aromatic N) is 2. The Balaban J connectivity index is 1.71. The number of ether oxygens (including phenoxy) is 3. The van der Waals surface area contributed by atoms with Gasteiger partial charge < -0.3 is 29.7 Å². The van der Waals surface area contributed by atoms with Gasteiger partial charge in [-0.05, 0) is 59.1 Å². The van der Waals surface area contributed by atoms with Crippen LogP contribution < -0.4 is 24.8 Å². The van der Waals surface area contributed by atoms with Gasteiger partial charge in [0.15, 0.2) is 0 Å². The van der Waals surface area contributed by atoms with Crippen molar-refractivity contribution in [1.29, 1.82) is 0 Å². The maximum Gasteiger partial charge on any atom is 0.408 e. The fourth-order valence-corrected chi connectivity index (χ4v) is 6.65. The highest BCUT2D eigenvalue weighted by Crippen LogP contribution is 2.35. The minimum Gasteiger partial charge on any atom is -0.497 e. The lowest BCUT2D eigenvalue weighted by Crippen LogP contribution is -2.58. The van der Waals surface area contributed by atoms with Gasteiger partial charge in [-0.3, -0.25) is 19.1 Å². The van der Waals surface area contributed by atoms with Crippen molar-refractivity contribution < 1.29 is 41.8 Å². The molecule has 54 heavy (non-hydrogen) atoms. The number of alkyl carbamates (subject to hydrolysis) is 1. The molecule has 2 unspecified atom stereocenters. The van der Waals surface area contributed by atoms with Crippen LogP contribution in [-0.4, -0.2) is 90.9 Å². The lowest BCUT2D eigenvalue weighted by atomic mass is 10.0. The molecule has 2 heterocycles. The number of hydrogen-bond acceptors (Lipinski definition) is 10. The van der Waals surface area contributed by atoms with Gasteiger partial charge in [-0.15, -0.1) is 0 Å². The molecule has 4 atom stereocenters. The Bertz CT molecular complexity index is 1930. The Morgan fingerprint density at radius 3 is 2.26 bits per heavy atom. The van der Waals surface area contributed by atoms with Crippen molar-refractivity contribution in [2.75, 3.05) is 13.7 Å². The third kappa shape index (κ3) is 10.6. The lowest BCUT2D eigenvalue weighted by molar-refractivity contribution is -0.141. The number of nitrogens with one attached hydrogen (secondary N) is 3. The number of hydrogen-bond donors (Lipinski definition) is 3. The van der Waals surface area contributed by atoms with Gasteiger partial charge in [-0.2, -0.15) is 0 Å². The summed E-state index contributed by atoms with van der Waals surface area (Å²) in [5.41, 5.74) is 1.27. The standard InChI is InChI=1S/C39H53N5O9S/c1-10-14-29(35(45)43-54(49,50)24(4)5)41-36(46)32-20-27(22-44(32)37(47)34(23(2)3)42-38(48)53-39(6,7)8)52-33-21-30(25-15-12-11-13-16-25)40-31-19-26(51-9)17-18-28(31)33/h11-13,15-19,21,23-24,27,29,32,34H,10,14,20,22H2,1-9H3,(H,41,46)(H,42,48)(H,43,45)/t27?,29-,32?,34-/m0/s1. The molecule has 0 bridgehead atoms. The average molecular weight is 768 g/mol. The highest BCUT2D eigenvalue weighted by atomic mass is 32.2. The van der Waals surface area contributed by atoms with Crippen LogP contribution in [0.1, 0.15) is 74.7 Å². The summed E-state index contributed by atoms with van der Waals surface area (Å²) < 4.78 is 44.7. The molecule has 1 saturated heterocycles. The highest BCUT2D eigenvalue weighted by Gasteiger charge is 2.45. The number of amides is 4. The fraction of sp³-hybridized carbons (Fsp3) is 0.513. The van der Waals surface area contributed by atoms with Gasteiger partial charge in [0.25, 0.3) is 5.91 Å². The topological polar surface area (TPSA) is 182 Å². The lowest BCUT2D eigenvalue weighted by Gasteiger charge is -2.31. The third-order valence-corrected chi connectivity index (χ3v) is 10.6. The minimum atomic E-state index is -3.98. The van der Waals surface area contributed by atoms with Gasteiger partial charge in [0, 0.05) is 29.5 Å². The molecule has 0 radical (unpaired) electrons. The number of sulfonamides is 1. The molecule has 1 fully saturated rings. The van der Waals surface area contributed by atoms with Crippen LogP contribution in [0, 0.1) is 5.92 Å². The molecule has 1 aliphatic rings. The van der Waals surface area contributed by atoms with E-state index in [1.165, 1.54) is 18.7 Å². The first kappa shape index (κ1) is 41.8. The summed E-state index contributed by atoms with van der Waals surface area (Å²) in [4.78, 5) is 60.8. The molecule has 15 heteroatoms. The predicted molar refractivity (Wildman–Crippen MR) is 205 cm³/mol. The zero-order valence-corrected chi connectivity index (χ0v) is 33.3. The van der Waals surface area contributed by atoms with Crippen LogP contribution in [0.2, 0.25) is 0 Å². The summed E-state index contributed by atoms with van der Waals surface area (Å²) in [5.74, 6) is -1.42. The Labute approximate surface area is 317 Å². The normalized spacial score (nSPS) is 17.2. The Morgan fingerprint density at radius 2 is 1.67 bits per heavy atom. The minimum absolute atomic E-state index is 0.0280.